The van der Waals surface area contributed by atoms with Crippen LogP contribution < -0.4 is 14.2 Å². The molecule has 1 atom stereocenters. The molecule has 2 heterocycles. The van der Waals surface area contributed by atoms with Gasteiger partial charge in [0, 0.05) is 24.7 Å². The Labute approximate surface area is 245 Å². The summed E-state index contributed by atoms with van der Waals surface area (Å²) in [6.07, 6.45) is 1.45. The minimum atomic E-state index is -3.93. The maximum Gasteiger partial charge on any atom is 0.243 e. The number of nitrogens with zero attached hydrogens (tertiary/aromatic N) is 3. The van der Waals surface area contributed by atoms with E-state index in [0.717, 1.165) is 12.8 Å². The molecule has 9 nitrogen and oxygen atoms in total. The highest BCUT2D eigenvalue weighted by atomic mass is 35.5. The average Bonchev–Trinajstić information content (AvgIpc) is 3.61. The van der Waals surface area contributed by atoms with E-state index in [1.807, 2.05) is 31.2 Å². The van der Waals surface area contributed by atoms with Crippen molar-refractivity contribution in [2.75, 3.05) is 27.4 Å². The van der Waals surface area contributed by atoms with Gasteiger partial charge in [0.05, 0.1) is 42.2 Å². The smallest absolute Gasteiger partial charge is 0.243 e. The highest BCUT2D eigenvalue weighted by Crippen LogP contribution is 2.37. The third-order valence-corrected chi connectivity index (χ3v) is 9.02. The number of hydrogen-bond acceptors (Lipinski definition) is 7. The number of sulfonamides is 1. The summed E-state index contributed by atoms with van der Waals surface area (Å²) in [5.41, 5.74) is 1.94. The van der Waals surface area contributed by atoms with E-state index in [0.29, 0.717) is 51.7 Å². The topological polar surface area (TPSA) is 92.1 Å². The van der Waals surface area contributed by atoms with E-state index in [9.17, 15) is 8.42 Å². The third-order valence-electron chi connectivity index (χ3n) is 6.95. The van der Waals surface area contributed by atoms with E-state index >= 15 is 0 Å². The Bertz CT molecular complexity index is 1580. The normalized spacial score (nSPS) is 15.3. The molecular weight excluding hydrogens is 566 g/mol. The summed E-state index contributed by atoms with van der Waals surface area (Å²) in [7, 11) is -0.824. The SMILES string of the molecule is COc1ccc(S(=O)(=O)N(Cc2c(C)nn(-c3ccc(Cl)cc3)c2Oc2ccccc2OC)C[C@@H]2CCCO2)cc1. The van der Waals surface area contributed by atoms with Gasteiger partial charge in [-0.1, -0.05) is 23.7 Å². The first kappa shape index (κ1) is 28.9. The summed E-state index contributed by atoms with van der Waals surface area (Å²) in [5, 5.41) is 5.34. The van der Waals surface area contributed by atoms with Gasteiger partial charge in [-0.3, -0.25) is 0 Å². The molecule has 11 heteroatoms. The lowest BCUT2D eigenvalue weighted by Gasteiger charge is -2.25. The molecular formula is C30H32ClN3O6S. The molecule has 41 heavy (non-hydrogen) atoms. The predicted octanol–water partition coefficient (Wildman–Crippen LogP) is 6.01. The Kier molecular flexibility index (Phi) is 8.84. The summed E-state index contributed by atoms with van der Waals surface area (Å²) in [6, 6.07) is 20.8. The van der Waals surface area contributed by atoms with Crippen LogP contribution in [-0.4, -0.2) is 56.0 Å². The monoisotopic (exact) mass is 597 g/mol. The molecule has 0 radical (unpaired) electrons. The van der Waals surface area contributed by atoms with Crippen molar-refractivity contribution in [3.05, 3.63) is 89.1 Å². The zero-order valence-electron chi connectivity index (χ0n) is 23.1. The Balaban J connectivity index is 1.60. The van der Waals surface area contributed by atoms with Gasteiger partial charge >= 0.3 is 0 Å². The molecule has 216 valence electrons. The molecule has 0 unspecified atom stereocenters. The van der Waals surface area contributed by atoms with Crippen molar-refractivity contribution >= 4 is 21.6 Å². The summed E-state index contributed by atoms with van der Waals surface area (Å²) >= 11 is 6.15. The number of halogens is 1. The summed E-state index contributed by atoms with van der Waals surface area (Å²) < 4.78 is 54.3. The van der Waals surface area contributed by atoms with Gasteiger partial charge in [0.2, 0.25) is 15.9 Å². The Morgan fingerprint density at radius 3 is 2.34 bits per heavy atom. The number of aromatic nitrogens is 2. The molecule has 1 aliphatic rings. The van der Waals surface area contributed by atoms with Crippen LogP contribution in [0.5, 0.6) is 23.1 Å². The molecule has 0 spiro atoms. The second kappa shape index (κ2) is 12.5. The van der Waals surface area contributed by atoms with Crippen molar-refractivity contribution in [2.24, 2.45) is 0 Å². The number of rotatable bonds is 11. The summed E-state index contributed by atoms with van der Waals surface area (Å²) in [5.74, 6) is 1.94. The minimum Gasteiger partial charge on any atom is -0.497 e. The fraction of sp³-hybridized carbons (Fsp3) is 0.300. The molecule has 0 aliphatic carbocycles. The van der Waals surface area contributed by atoms with Crippen LogP contribution in [-0.2, 0) is 21.3 Å². The largest absolute Gasteiger partial charge is 0.497 e. The zero-order valence-corrected chi connectivity index (χ0v) is 24.7. The molecule has 0 amide bonds. The number of benzene rings is 3. The Morgan fingerprint density at radius 2 is 1.71 bits per heavy atom. The van der Waals surface area contributed by atoms with Crippen molar-refractivity contribution in [3.63, 3.8) is 0 Å². The van der Waals surface area contributed by atoms with Gasteiger partial charge in [0.25, 0.3) is 0 Å². The van der Waals surface area contributed by atoms with Gasteiger partial charge < -0.3 is 18.9 Å². The van der Waals surface area contributed by atoms with E-state index in [4.69, 9.17) is 35.6 Å². The van der Waals surface area contributed by atoms with Crippen molar-refractivity contribution in [1.82, 2.24) is 14.1 Å². The van der Waals surface area contributed by atoms with Crippen LogP contribution in [0.3, 0.4) is 0 Å². The Morgan fingerprint density at radius 1 is 1.00 bits per heavy atom. The number of para-hydroxylation sites is 2. The Hall–Kier alpha value is -3.57. The van der Waals surface area contributed by atoms with Crippen molar-refractivity contribution in [1.29, 1.82) is 0 Å². The van der Waals surface area contributed by atoms with Crippen LogP contribution >= 0.6 is 11.6 Å². The lowest BCUT2D eigenvalue weighted by molar-refractivity contribution is 0.0924. The molecule has 1 fully saturated rings. The fourth-order valence-electron chi connectivity index (χ4n) is 4.73. The molecule has 0 saturated carbocycles. The second-order valence-electron chi connectivity index (χ2n) is 9.62. The lowest BCUT2D eigenvalue weighted by Crippen LogP contribution is -2.37. The first-order valence-electron chi connectivity index (χ1n) is 13.2. The van der Waals surface area contributed by atoms with E-state index in [2.05, 4.69) is 0 Å². The molecule has 0 bridgehead atoms. The van der Waals surface area contributed by atoms with Gasteiger partial charge in [-0.2, -0.15) is 9.40 Å². The highest BCUT2D eigenvalue weighted by Gasteiger charge is 2.32. The van der Waals surface area contributed by atoms with Gasteiger partial charge in [-0.25, -0.2) is 13.1 Å². The van der Waals surface area contributed by atoms with Crippen LogP contribution in [0.2, 0.25) is 5.02 Å². The van der Waals surface area contributed by atoms with Crippen LogP contribution in [0.15, 0.2) is 77.7 Å². The maximum atomic E-state index is 14.0. The van der Waals surface area contributed by atoms with E-state index in [1.54, 1.807) is 60.3 Å². The average molecular weight is 598 g/mol. The van der Waals surface area contributed by atoms with Crippen molar-refractivity contribution in [2.45, 2.75) is 37.3 Å². The lowest BCUT2D eigenvalue weighted by atomic mass is 10.2. The molecule has 1 aliphatic heterocycles. The molecule has 3 aromatic carbocycles. The van der Waals surface area contributed by atoms with Gasteiger partial charge in [0.15, 0.2) is 11.5 Å². The predicted molar refractivity (Wildman–Crippen MR) is 156 cm³/mol. The molecule has 1 aromatic heterocycles. The standard InChI is InChI=1S/C30H32ClN3O6S/c1-21-27(20-33(19-25-7-6-18-39-25)41(35,36)26-16-14-24(37-2)15-17-26)30(40-29-9-5-4-8-28(29)38-3)34(32-21)23-12-10-22(31)11-13-23/h4-5,8-17,25H,6-7,18-20H2,1-3H3/t25-/m0/s1. The second-order valence-corrected chi connectivity index (χ2v) is 12.0. The van der Waals surface area contributed by atoms with Gasteiger partial charge in [0.1, 0.15) is 5.75 Å². The molecule has 1 saturated heterocycles. The van der Waals surface area contributed by atoms with Crippen LogP contribution in [0, 0.1) is 6.92 Å². The number of methoxy groups -OCH3 is 2. The van der Waals surface area contributed by atoms with E-state index < -0.39 is 10.0 Å². The summed E-state index contributed by atoms with van der Waals surface area (Å²) in [6.45, 7) is 2.64. The number of aryl methyl sites for hydroxylation is 1. The first-order valence-corrected chi connectivity index (χ1v) is 15.0. The van der Waals surface area contributed by atoms with Crippen LogP contribution in [0.1, 0.15) is 24.1 Å². The molecule has 4 aromatic rings. The van der Waals surface area contributed by atoms with E-state index in [1.165, 1.54) is 11.4 Å². The zero-order chi connectivity index (χ0) is 29.0. The fourth-order valence-corrected chi connectivity index (χ4v) is 6.29. The minimum absolute atomic E-state index is 0.0120. The van der Waals surface area contributed by atoms with Crippen molar-refractivity contribution < 1.29 is 27.4 Å². The maximum absolute atomic E-state index is 14.0. The molecule has 0 N–H and O–H groups in total. The quantitative estimate of drug-likeness (QED) is 0.209. The highest BCUT2D eigenvalue weighted by molar-refractivity contribution is 7.89. The van der Waals surface area contributed by atoms with Gasteiger partial charge in [-0.15, -0.1) is 0 Å². The summed E-state index contributed by atoms with van der Waals surface area (Å²) in [4.78, 5) is 0.159. The number of hydrogen-bond donors (Lipinski definition) is 0. The molecule has 5 rings (SSSR count). The van der Waals surface area contributed by atoms with E-state index in [-0.39, 0.29) is 24.1 Å². The van der Waals surface area contributed by atoms with Crippen LogP contribution in [0.25, 0.3) is 5.69 Å². The third kappa shape index (κ3) is 6.36. The van der Waals surface area contributed by atoms with Crippen molar-refractivity contribution in [3.8, 4) is 28.8 Å². The first-order chi connectivity index (χ1) is 19.8. The van der Waals surface area contributed by atoms with Crippen LogP contribution in [0.4, 0.5) is 0 Å². The van der Waals surface area contributed by atoms with Gasteiger partial charge in [-0.05, 0) is 80.4 Å². The number of ether oxygens (including phenoxy) is 4.